The standard InChI is InChI=1S/C31H34N4O5/c1-20(2)12-30(37)35-11-10-28-27(18-35)34-31(38)24-13-23(16-32-17-24)22-4-3-5-26(14-22)39-19-29(36)33-15-21-6-8-25(40-28)9-7-21/h3-9,13-14,16-17,20,27-28H,10-12,15,18-19H2,1-2H3,(H,33,36)(H,34,38)/t27-,28+/m1/s1. The van der Waals surface area contributed by atoms with Crippen molar-refractivity contribution in [1.29, 1.82) is 0 Å². The number of carbonyl (C=O) groups excluding carboxylic acids is 3. The molecule has 1 fully saturated rings. The molecule has 1 saturated heterocycles. The maximum Gasteiger partial charge on any atom is 0.258 e. The number of carbonyl (C=O) groups is 3. The summed E-state index contributed by atoms with van der Waals surface area (Å²) in [7, 11) is 0. The van der Waals surface area contributed by atoms with E-state index in [0.717, 1.165) is 16.7 Å². The minimum Gasteiger partial charge on any atom is -0.488 e. The summed E-state index contributed by atoms with van der Waals surface area (Å²) in [6.07, 6.45) is 3.91. The Morgan fingerprint density at radius 3 is 2.62 bits per heavy atom. The lowest BCUT2D eigenvalue weighted by molar-refractivity contribution is -0.134. The van der Waals surface area contributed by atoms with E-state index in [1.54, 1.807) is 18.3 Å². The lowest BCUT2D eigenvalue weighted by Crippen LogP contribution is -2.58. The Kier molecular flexibility index (Phi) is 8.28. The summed E-state index contributed by atoms with van der Waals surface area (Å²) in [6, 6.07) is 16.2. The van der Waals surface area contributed by atoms with Gasteiger partial charge in [-0.2, -0.15) is 0 Å². The molecular weight excluding hydrogens is 508 g/mol. The van der Waals surface area contributed by atoms with Crippen LogP contribution in [0.4, 0.5) is 0 Å². The Balaban J connectivity index is 1.45. The van der Waals surface area contributed by atoms with Gasteiger partial charge in [0.05, 0.1) is 11.6 Å². The quantitative estimate of drug-likeness (QED) is 0.512. The van der Waals surface area contributed by atoms with Gasteiger partial charge in [0, 0.05) is 50.4 Å². The van der Waals surface area contributed by atoms with E-state index in [-0.39, 0.29) is 36.4 Å². The second-order valence-corrected chi connectivity index (χ2v) is 10.7. The molecule has 9 nitrogen and oxygen atoms in total. The molecule has 6 rings (SSSR count). The van der Waals surface area contributed by atoms with Crippen LogP contribution in [0.1, 0.15) is 42.6 Å². The van der Waals surface area contributed by atoms with E-state index in [1.807, 2.05) is 61.2 Å². The number of rotatable bonds is 2. The van der Waals surface area contributed by atoms with Crippen LogP contribution in [0, 0.1) is 5.92 Å². The maximum atomic E-state index is 13.5. The maximum absolute atomic E-state index is 13.5. The largest absolute Gasteiger partial charge is 0.488 e. The zero-order valence-electron chi connectivity index (χ0n) is 22.8. The molecule has 1 aromatic heterocycles. The Bertz CT molecular complexity index is 1370. The van der Waals surface area contributed by atoms with Gasteiger partial charge in [0.1, 0.15) is 17.6 Å². The van der Waals surface area contributed by atoms with E-state index in [1.165, 1.54) is 6.20 Å². The molecule has 208 valence electrons. The molecule has 0 unspecified atom stereocenters. The highest BCUT2D eigenvalue weighted by Crippen LogP contribution is 2.25. The highest BCUT2D eigenvalue weighted by molar-refractivity contribution is 5.95. The number of nitrogens with one attached hydrogen (secondary N) is 2. The van der Waals surface area contributed by atoms with Gasteiger partial charge in [-0.05, 0) is 47.4 Å². The van der Waals surface area contributed by atoms with Crippen molar-refractivity contribution in [2.24, 2.45) is 5.92 Å². The molecule has 9 heteroatoms. The number of pyridine rings is 1. The molecule has 3 aliphatic heterocycles. The molecule has 2 N–H and O–H groups in total. The van der Waals surface area contributed by atoms with E-state index >= 15 is 0 Å². The van der Waals surface area contributed by atoms with Gasteiger partial charge < -0.3 is 25.0 Å². The highest BCUT2D eigenvalue weighted by atomic mass is 16.5. The third-order valence-electron chi connectivity index (χ3n) is 7.04. The van der Waals surface area contributed by atoms with Crippen LogP contribution in [0.3, 0.4) is 0 Å². The molecule has 3 amide bonds. The molecule has 3 aliphatic rings. The summed E-state index contributed by atoms with van der Waals surface area (Å²) in [5.74, 6) is 0.986. The van der Waals surface area contributed by atoms with Crippen LogP contribution in [0.2, 0.25) is 0 Å². The van der Waals surface area contributed by atoms with Crippen LogP contribution >= 0.6 is 0 Å². The normalized spacial score (nSPS) is 19.5. The molecule has 0 radical (unpaired) electrons. The molecule has 0 spiro atoms. The van der Waals surface area contributed by atoms with Crippen LogP contribution < -0.4 is 20.1 Å². The molecule has 40 heavy (non-hydrogen) atoms. The molecule has 2 atom stereocenters. The van der Waals surface area contributed by atoms with Gasteiger partial charge in [0.2, 0.25) is 5.91 Å². The Labute approximate surface area is 233 Å². The SMILES string of the molecule is CC(C)CC(=O)N1CC[C@@H]2Oc3ccc(cc3)CNC(=O)COc3cccc(c3)-c3cncc(c3)C(=O)N[C@@H]2C1. The molecule has 3 aromatic rings. The van der Waals surface area contributed by atoms with Crippen molar-refractivity contribution in [1.82, 2.24) is 20.5 Å². The zero-order chi connectivity index (χ0) is 28.1. The Morgan fingerprint density at radius 1 is 1.02 bits per heavy atom. The van der Waals surface area contributed by atoms with E-state index < -0.39 is 6.04 Å². The predicted molar refractivity (Wildman–Crippen MR) is 150 cm³/mol. The first-order valence-electron chi connectivity index (χ1n) is 13.6. The summed E-state index contributed by atoms with van der Waals surface area (Å²) < 4.78 is 12.1. The van der Waals surface area contributed by atoms with E-state index in [9.17, 15) is 14.4 Å². The van der Waals surface area contributed by atoms with Crippen LogP contribution in [-0.4, -0.2) is 59.4 Å². The van der Waals surface area contributed by atoms with Gasteiger partial charge in [-0.3, -0.25) is 19.4 Å². The van der Waals surface area contributed by atoms with Crippen molar-refractivity contribution in [3.63, 3.8) is 0 Å². The molecular formula is C31H34N4O5. The van der Waals surface area contributed by atoms with Gasteiger partial charge in [-0.15, -0.1) is 0 Å². The van der Waals surface area contributed by atoms with Crippen LogP contribution in [0.15, 0.2) is 67.0 Å². The molecule has 0 saturated carbocycles. The average molecular weight is 543 g/mol. The van der Waals surface area contributed by atoms with E-state index in [2.05, 4.69) is 15.6 Å². The summed E-state index contributed by atoms with van der Waals surface area (Å²) in [5, 5.41) is 5.99. The topological polar surface area (TPSA) is 110 Å². The van der Waals surface area contributed by atoms with Crippen molar-refractivity contribution < 1.29 is 23.9 Å². The number of amides is 3. The molecule has 0 aliphatic carbocycles. The lowest BCUT2D eigenvalue weighted by Gasteiger charge is -2.39. The van der Waals surface area contributed by atoms with Gasteiger partial charge in [-0.1, -0.05) is 38.1 Å². The summed E-state index contributed by atoms with van der Waals surface area (Å²) >= 11 is 0. The summed E-state index contributed by atoms with van der Waals surface area (Å²) in [6.45, 7) is 5.20. The van der Waals surface area contributed by atoms with Crippen molar-refractivity contribution in [2.45, 2.75) is 45.4 Å². The van der Waals surface area contributed by atoms with Crippen molar-refractivity contribution in [3.05, 3.63) is 78.1 Å². The van der Waals surface area contributed by atoms with Gasteiger partial charge >= 0.3 is 0 Å². The second kappa shape index (κ2) is 12.2. The monoisotopic (exact) mass is 542 g/mol. The number of piperidine rings is 1. The number of ether oxygens (including phenoxy) is 2. The number of nitrogens with zero attached hydrogens (tertiary/aromatic N) is 2. The minimum atomic E-state index is -0.415. The highest BCUT2D eigenvalue weighted by Gasteiger charge is 2.34. The number of hydrogen-bond donors (Lipinski definition) is 2. The molecule has 2 aromatic carbocycles. The fraction of sp³-hybridized carbons (Fsp3) is 0.355. The third-order valence-corrected chi connectivity index (χ3v) is 7.04. The van der Waals surface area contributed by atoms with Gasteiger partial charge in [0.25, 0.3) is 11.8 Å². The second-order valence-electron chi connectivity index (χ2n) is 10.7. The Morgan fingerprint density at radius 2 is 1.82 bits per heavy atom. The first kappa shape index (κ1) is 27.2. The first-order valence-corrected chi connectivity index (χ1v) is 13.6. The fourth-order valence-corrected chi connectivity index (χ4v) is 4.92. The minimum absolute atomic E-state index is 0.0753. The predicted octanol–water partition coefficient (Wildman–Crippen LogP) is 3.58. The van der Waals surface area contributed by atoms with Crippen molar-refractivity contribution in [3.8, 4) is 22.6 Å². The number of likely N-dealkylation sites (tertiary alicyclic amines) is 1. The molecule has 4 heterocycles. The fourth-order valence-electron chi connectivity index (χ4n) is 4.92. The number of hydrogen-bond acceptors (Lipinski definition) is 6. The summed E-state index contributed by atoms with van der Waals surface area (Å²) in [5.41, 5.74) is 2.85. The van der Waals surface area contributed by atoms with E-state index in [0.29, 0.717) is 49.5 Å². The van der Waals surface area contributed by atoms with Gasteiger partial charge in [0.15, 0.2) is 6.61 Å². The molecule has 6 bridgehead atoms. The number of aromatic nitrogens is 1. The third kappa shape index (κ3) is 6.77. The average Bonchev–Trinajstić information content (AvgIpc) is 2.96. The summed E-state index contributed by atoms with van der Waals surface area (Å²) in [4.78, 5) is 44.8. The number of fused-ring (bicyclic) bond motifs is 7. The van der Waals surface area contributed by atoms with Crippen molar-refractivity contribution >= 4 is 17.7 Å². The van der Waals surface area contributed by atoms with Gasteiger partial charge in [-0.25, -0.2) is 0 Å². The Hall–Kier alpha value is -4.40. The zero-order valence-corrected chi connectivity index (χ0v) is 22.8. The lowest BCUT2D eigenvalue weighted by atomic mass is 9.99. The van der Waals surface area contributed by atoms with E-state index in [4.69, 9.17) is 9.47 Å². The van der Waals surface area contributed by atoms with Crippen LogP contribution in [-0.2, 0) is 16.1 Å². The number of benzene rings is 2. The van der Waals surface area contributed by atoms with Crippen molar-refractivity contribution in [2.75, 3.05) is 19.7 Å². The van der Waals surface area contributed by atoms with Crippen LogP contribution in [0.25, 0.3) is 11.1 Å². The first-order chi connectivity index (χ1) is 19.3. The smallest absolute Gasteiger partial charge is 0.258 e. The van der Waals surface area contributed by atoms with Crippen LogP contribution in [0.5, 0.6) is 11.5 Å².